The molecule has 2 heterocycles. The summed E-state index contributed by atoms with van der Waals surface area (Å²) in [7, 11) is 0. The van der Waals surface area contributed by atoms with Gasteiger partial charge in [-0.2, -0.15) is 0 Å². The topological polar surface area (TPSA) is 41.6 Å². The Kier molecular flexibility index (Phi) is 5.91. The first-order chi connectivity index (χ1) is 9.94. The first-order valence-electron chi connectivity index (χ1n) is 8.63. The van der Waals surface area contributed by atoms with Gasteiger partial charge in [0.05, 0.1) is 0 Å². The number of ether oxygens (including phenoxy) is 1. The fourth-order valence-electron chi connectivity index (χ4n) is 3.37. The lowest BCUT2D eigenvalue weighted by molar-refractivity contribution is 0.0179. The van der Waals surface area contributed by atoms with E-state index in [1.54, 1.807) is 0 Å². The maximum atomic E-state index is 12.0. The molecule has 0 aromatic heterocycles. The van der Waals surface area contributed by atoms with Crippen LogP contribution in [0.15, 0.2) is 0 Å². The third-order valence-corrected chi connectivity index (χ3v) is 4.65. The second kappa shape index (κ2) is 7.48. The van der Waals surface area contributed by atoms with Crippen LogP contribution in [0.25, 0.3) is 0 Å². The van der Waals surface area contributed by atoms with E-state index in [1.807, 2.05) is 25.7 Å². The van der Waals surface area contributed by atoms with E-state index in [1.165, 1.54) is 38.8 Å². The Bertz CT molecular complexity index is 324. The highest BCUT2D eigenvalue weighted by molar-refractivity contribution is 5.68. The maximum absolute atomic E-state index is 12.0. The first-order valence-corrected chi connectivity index (χ1v) is 8.63. The summed E-state index contributed by atoms with van der Waals surface area (Å²) >= 11 is 0. The van der Waals surface area contributed by atoms with Crippen molar-refractivity contribution < 1.29 is 9.53 Å². The summed E-state index contributed by atoms with van der Waals surface area (Å²) in [5.74, 6) is 1.67. The van der Waals surface area contributed by atoms with Crippen molar-refractivity contribution in [3.63, 3.8) is 0 Å². The number of carbonyl (C=O) groups excluding carboxylic acids is 1. The molecule has 0 saturated carbocycles. The molecule has 1 unspecified atom stereocenters. The second-order valence-electron chi connectivity index (χ2n) is 7.70. The van der Waals surface area contributed by atoms with Gasteiger partial charge in [-0.25, -0.2) is 4.79 Å². The van der Waals surface area contributed by atoms with Gasteiger partial charge in [-0.3, -0.25) is 0 Å². The molecule has 0 aromatic carbocycles. The fraction of sp³-hybridized carbons (Fsp3) is 0.941. The molecule has 4 heteroatoms. The zero-order valence-corrected chi connectivity index (χ0v) is 14.0. The van der Waals surface area contributed by atoms with Crippen LogP contribution in [0.3, 0.4) is 0 Å². The van der Waals surface area contributed by atoms with Crippen molar-refractivity contribution in [2.24, 2.45) is 11.8 Å². The average molecular weight is 296 g/mol. The lowest BCUT2D eigenvalue weighted by Crippen LogP contribution is -2.41. The van der Waals surface area contributed by atoms with E-state index in [0.717, 1.165) is 37.8 Å². The number of nitrogens with zero attached hydrogens (tertiary/aromatic N) is 1. The standard InChI is InChI=1S/C17H32N2O2/c1-17(2,3)21-16(20)19-11-8-14(9-12-19)6-7-15-5-4-10-18-13-15/h14-15,18H,4-13H2,1-3H3. The summed E-state index contributed by atoms with van der Waals surface area (Å²) in [5, 5.41) is 3.50. The lowest BCUT2D eigenvalue weighted by atomic mass is 9.86. The Morgan fingerprint density at radius 2 is 1.81 bits per heavy atom. The molecule has 1 atom stereocenters. The minimum Gasteiger partial charge on any atom is -0.444 e. The first kappa shape index (κ1) is 16.6. The third-order valence-electron chi connectivity index (χ3n) is 4.65. The highest BCUT2D eigenvalue weighted by atomic mass is 16.6. The van der Waals surface area contributed by atoms with Gasteiger partial charge in [0.25, 0.3) is 0 Å². The van der Waals surface area contributed by atoms with E-state index >= 15 is 0 Å². The molecule has 0 bridgehead atoms. The highest BCUT2D eigenvalue weighted by Gasteiger charge is 2.27. The number of piperidine rings is 2. The molecule has 2 fully saturated rings. The van der Waals surface area contributed by atoms with E-state index < -0.39 is 0 Å². The summed E-state index contributed by atoms with van der Waals surface area (Å²) in [4.78, 5) is 13.9. The molecule has 21 heavy (non-hydrogen) atoms. The molecule has 2 rings (SSSR count). The zero-order valence-electron chi connectivity index (χ0n) is 14.0. The molecular formula is C17H32N2O2. The zero-order chi connectivity index (χ0) is 15.3. The number of amides is 1. The molecule has 2 aliphatic heterocycles. The molecule has 2 aliphatic rings. The van der Waals surface area contributed by atoms with Gasteiger partial charge in [0.1, 0.15) is 5.60 Å². The smallest absolute Gasteiger partial charge is 0.410 e. The van der Waals surface area contributed by atoms with Crippen molar-refractivity contribution in [3.05, 3.63) is 0 Å². The van der Waals surface area contributed by atoms with Crippen molar-refractivity contribution in [1.29, 1.82) is 0 Å². The molecule has 0 aromatic rings. The maximum Gasteiger partial charge on any atom is 0.410 e. The normalized spacial score (nSPS) is 24.9. The Balaban J connectivity index is 1.64. The van der Waals surface area contributed by atoms with Gasteiger partial charge in [-0.15, -0.1) is 0 Å². The summed E-state index contributed by atoms with van der Waals surface area (Å²) in [6.07, 6.45) is 7.54. The van der Waals surface area contributed by atoms with Crippen LogP contribution in [0.2, 0.25) is 0 Å². The predicted molar refractivity (Wildman–Crippen MR) is 85.4 cm³/mol. The van der Waals surface area contributed by atoms with Crippen LogP contribution >= 0.6 is 0 Å². The van der Waals surface area contributed by atoms with Crippen molar-refractivity contribution in [2.45, 2.75) is 64.9 Å². The Labute approximate surface area is 129 Å². The SMILES string of the molecule is CC(C)(C)OC(=O)N1CCC(CCC2CCCNC2)CC1. The number of likely N-dealkylation sites (tertiary alicyclic amines) is 1. The van der Waals surface area contributed by atoms with Crippen molar-refractivity contribution >= 4 is 6.09 Å². The predicted octanol–water partition coefficient (Wildman–Crippen LogP) is 3.41. The quantitative estimate of drug-likeness (QED) is 0.867. The van der Waals surface area contributed by atoms with E-state index in [2.05, 4.69) is 5.32 Å². The molecule has 0 radical (unpaired) electrons. The highest BCUT2D eigenvalue weighted by Crippen LogP contribution is 2.26. The summed E-state index contributed by atoms with van der Waals surface area (Å²) in [6, 6.07) is 0. The Morgan fingerprint density at radius 3 is 2.38 bits per heavy atom. The number of hydrogen-bond acceptors (Lipinski definition) is 3. The molecule has 0 spiro atoms. The molecule has 4 nitrogen and oxygen atoms in total. The van der Waals surface area contributed by atoms with Crippen LogP contribution in [0.1, 0.15) is 59.3 Å². The van der Waals surface area contributed by atoms with Crippen LogP contribution < -0.4 is 5.32 Å². The summed E-state index contributed by atoms with van der Waals surface area (Å²) < 4.78 is 5.45. The van der Waals surface area contributed by atoms with Crippen molar-refractivity contribution in [1.82, 2.24) is 10.2 Å². The van der Waals surface area contributed by atoms with Crippen LogP contribution in [0.4, 0.5) is 4.79 Å². The number of carbonyl (C=O) groups is 1. The van der Waals surface area contributed by atoms with Gasteiger partial charge >= 0.3 is 6.09 Å². The number of hydrogen-bond donors (Lipinski definition) is 1. The Morgan fingerprint density at radius 1 is 1.14 bits per heavy atom. The minimum absolute atomic E-state index is 0.141. The lowest BCUT2D eigenvalue weighted by Gasteiger charge is -2.34. The van der Waals surface area contributed by atoms with E-state index in [0.29, 0.717) is 0 Å². The van der Waals surface area contributed by atoms with Crippen LogP contribution in [0.5, 0.6) is 0 Å². The van der Waals surface area contributed by atoms with Crippen LogP contribution in [-0.2, 0) is 4.74 Å². The molecule has 122 valence electrons. The largest absolute Gasteiger partial charge is 0.444 e. The molecule has 1 amide bonds. The van der Waals surface area contributed by atoms with Gasteiger partial charge in [-0.1, -0.05) is 6.42 Å². The van der Waals surface area contributed by atoms with Gasteiger partial charge in [0.15, 0.2) is 0 Å². The van der Waals surface area contributed by atoms with Crippen LogP contribution in [-0.4, -0.2) is 42.8 Å². The molecular weight excluding hydrogens is 264 g/mol. The third kappa shape index (κ3) is 5.85. The van der Waals surface area contributed by atoms with Crippen LogP contribution in [0, 0.1) is 11.8 Å². The molecule has 2 saturated heterocycles. The second-order valence-corrected chi connectivity index (χ2v) is 7.70. The van der Waals surface area contributed by atoms with E-state index in [9.17, 15) is 4.79 Å². The Hall–Kier alpha value is -0.770. The molecule has 0 aliphatic carbocycles. The number of nitrogens with one attached hydrogen (secondary N) is 1. The van der Waals surface area contributed by atoms with E-state index in [4.69, 9.17) is 4.74 Å². The minimum atomic E-state index is -0.387. The van der Waals surface area contributed by atoms with Crippen molar-refractivity contribution in [3.8, 4) is 0 Å². The van der Waals surface area contributed by atoms with E-state index in [-0.39, 0.29) is 11.7 Å². The van der Waals surface area contributed by atoms with Gasteiger partial charge in [0, 0.05) is 13.1 Å². The molecule has 1 N–H and O–H groups in total. The van der Waals surface area contributed by atoms with Gasteiger partial charge in [0.2, 0.25) is 0 Å². The average Bonchev–Trinajstić information content (AvgIpc) is 2.45. The monoisotopic (exact) mass is 296 g/mol. The fourth-order valence-corrected chi connectivity index (χ4v) is 3.37. The summed E-state index contributed by atoms with van der Waals surface area (Å²) in [5.41, 5.74) is -0.387. The summed E-state index contributed by atoms with van der Waals surface area (Å²) in [6.45, 7) is 9.91. The van der Waals surface area contributed by atoms with Gasteiger partial charge in [-0.05, 0) is 77.8 Å². The van der Waals surface area contributed by atoms with Crippen molar-refractivity contribution in [2.75, 3.05) is 26.2 Å². The van der Waals surface area contributed by atoms with Gasteiger partial charge < -0.3 is 15.0 Å². The number of rotatable bonds is 3.